The zero-order valence-corrected chi connectivity index (χ0v) is 21.1. The number of likely N-dealkylation sites (tertiary alicyclic amines) is 1. The quantitative estimate of drug-likeness (QED) is 0.194. The molecule has 2 N–H and O–H groups in total. The topological polar surface area (TPSA) is 58.1 Å². The third kappa shape index (κ3) is 9.83. The first kappa shape index (κ1) is 25.2. The Labute approximate surface area is 199 Å². The molecule has 1 aliphatic carbocycles. The van der Waals surface area contributed by atoms with Gasteiger partial charge in [-0.05, 0) is 89.2 Å². The van der Waals surface area contributed by atoms with Crippen LogP contribution in [0.1, 0.15) is 39.5 Å². The van der Waals surface area contributed by atoms with Crippen molar-refractivity contribution < 1.29 is 9.47 Å². The van der Waals surface area contributed by atoms with Crippen LogP contribution in [0.2, 0.25) is 0 Å². The van der Waals surface area contributed by atoms with Crippen molar-refractivity contribution in [3.63, 3.8) is 0 Å². The maximum Gasteiger partial charge on any atom is 0.195 e. The molecule has 30 heavy (non-hydrogen) atoms. The van der Waals surface area contributed by atoms with Crippen molar-refractivity contribution in [3.8, 4) is 5.75 Å². The minimum atomic E-state index is 0. The summed E-state index contributed by atoms with van der Waals surface area (Å²) in [5.41, 5.74) is 1.01. The van der Waals surface area contributed by atoms with Gasteiger partial charge in [-0.15, -0.1) is 24.0 Å². The lowest BCUT2D eigenvalue weighted by Crippen LogP contribution is -2.33. The minimum Gasteiger partial charge on any atom is -0.491 e. The van der Waals surface area contributed by atoms with Gasteiger partial charge in [-0.1, -0.05) is 0 Å². The first-order valence-electron chi connectivity index (χ1n) is 11.2. The molecule has 1 aromatic carbocycles. The number of hydrogen-bond acceptors (Lipinski definition) is 4. The van der Waals surface area contributed by atoms with Gasteiger partial charge in [-0.3, -0.25) is 4.99 Å². The summed E-state index contributed by atoms with van der Waals surface area (Å²) >= 11 is 0. The number of aliphatic imine (C=N–C) groups is 1. The number of guanidine groups is 1. The molecule has 1 aliphatic heterocycles. The van der Waals surface area contributed by atoms with Gasteiger partial charge in [0, 0.05) is 38.5 Å². The van der Waals surface area contributed by atoms with Gasteiger partial charge in [0.25, 0.3) is 0 Å². The molecule has 1 heterocycles. The standard InChI is InChI=1S/C23H38N4O2.HI/c1-18(2)29-22-9-7-21(8-10-22)26-23(25-15-20-11-13-27(3)16-20)24-12-4-14-28-17-19-5-6-19;/h7-10,18-20H,4-6,11-17H2,1-3H3,(H2,24,25,26);1H. The second-order valence-corrected chi connectivity index (χ2v) is 8.72. The van der Waals surface area contributed by atoms with Crippen LogP contribution in [0.15, 0.2) is 29.3 Å². The molecule has 1 saturated heterocycles. The minimum absolute atomic E-state index is 0. The van der Waals surface area contributed by atoms with Crippen LogP contribution < -0.4 is 15.4 Å². The van der Waals surface area contributed by atoms with Gasteiger partial charge in [0.1, 0.15) is 5.75 Å². The predicted molar refractivity (Wildman–Crippen MR) is 135 cm³/mol. The molecule has 0 bridgehead atoms. The zero-order valence-electron chi connectivity index (χ0n) is 18.7. The summed E-state index contributed by atoms with van der Waals surface area (Å²) in [6.07, 6.45) is 5.08. The molecule has 2 aliphatic rings. The van der Waals surface area contributed by atoms with Gasteiger partial charge in [0.2, 0.25) is 0 Å². The summed E-state index contributed by atoms with van der Waals surface area (Å²) in [5.74, 6) is 3.20. The maximum absolute atomic E-state index is 5.74. The first-order chi connectivity index (χ1) is 14.1. The van der Waals surface area contributed by atoms with Gasteiger partial charge < -0.3 is 25.0 Å². The highest BCUT2D eigenvalue weighted by molar-refractivity contribution is 14.0. The van der Waals surface area contributed by atoms with E-state index in [0.717, 1.165) is 62.6 Å². The molecule has 1 aromatic rings. The second-order valence-electron chi connectivity index (χ2n) is 8.72. The maximum atomic E-state index is 5.74. The summed E-state index contributed by atoms with van der Waals surface area (Å²) in [6, 6.07) is 8.07. The Kier molecular flexibility index (Phi) is 11.2. The summed E-state index contributed by atoms with van der Waals surface area (Å²) in [6.45, 7) is 9.83. The third-order valence-electron chi connectivity index (χ3n) is 5.29. The van der Waals surface area contributed by atoms with Crippen molar-refractivity contribution in [1.29, 1.82) is 0 Å². The predicted octanol–water partition coefficient (Wildman–Crippen LogP) is 4.22. The van der Waals surface area contributed by atoms with E-state index >= 15 is 0 Å². The van der Waals surface area contributed by atoms with Crippen molar-refractivity contribution in [3.05, 3.63) is 24.3 Å². The van der Waals surface area contributed by atoms with Gasteiger partial charge in [0.15, 0.2) is 5.96 Å². The van der Waals surface area contributed by atoms with Gasteiger partial charge in [0.05, 0.1) is 6.10 Å². The Morgan fingerprint density at radius 1 is 1.17 bits per heavy atom. The van der Waals surface area contributed by atoms with Crippen LogP contribution in [-0.4, -0.2) is 63.4 Å². The Balaban J connectivity index is 0.00000320. The Morgan fingerprint density at radius 3 is 2.57 bits per heavy atom. The lowest BCUT2D eigenvalue weighted by molar-refractivity contribution is 0.123. The Bertz CT molecular complexity index is 635. The molecule has 7 heteroatoms. The lowest BCUT2D eigenvalue weighted by atomic mass is 10.1. The molecule has 1 unspecified atom stereocenters. The number of ether oxygens (including phenoxy) is 2. The van der Waals surface area contributed by atoms with Crippen LogP contribution >= 0.6 is 24.0 Å². The van der Waals surface area contributed by atoms with Crippen molar-refractivity contribution in [1.82, 2.24) is 10.2 Å². The van der Waals surface area contributed by atoms with Crippen LogP contribution in [0.4, 0.5) is 5.69 Å². The van der Waals surface area contributed by atoms with Crippen molar-refractivity contribution in [2.24, 2.45) is 16.8 Å². The van der Waals surface area contributed by atoms with E-state index in [1.165, 1.54) is 25.8 Å². The molecule has 0 radical (unpaired) electrons. The number of hydrogen-bond donors (Lipinski definition) is 2. The fourth-order valence-corrected chi connectivity index (χ4v) is 3.48. The third-order valence-corrected chi connectivity index (χ3v) is 5.29. The highest BCUT2D eigenvalue weighted by Crippen LogP contribution is 2.28. The second kappa shape index (κ2) is 13.4. The summed E-state index contributed by atoms with van der Waals surface area (Å²) < 4.78 is 11.5. The van der Waals surface area contributed by atoms with E-state index in [1.54, 1.807) is 0 Å². The van der Waals surface area contributed by atoms with Crippen LogP contribution in [0.3, 0.4) is 0 Å². The number of nitrogens with one attached hydrogen (secondary N) is 2. The molecule has 0 spiro atoms. The number of benzene rings is 1. The molecular weight excluding hydrogens is 491 g/mol. The van der Waals surface area contributed by atoms with Crippen molar-refractivity contribution in [2.75, 3.05) is 51.8 Å². The number of anilines is 1. The monoisotopic (exact) mass is 530 g/mol. The molecule has 3 rings (SSSR count). The van der Waals surface area contributed by atoms with E-state index < -0.39 is 0 Å². The van der Waals surface area contributed by atoms with E-state index in [-0.39, 0.29) is 30.1 Å². The van der Waals surface area contributed by atoms with Crippen LogP contribution in [0, 0.1) is 11.8 Å². The Hall–Kier alpha value is -1.06. The lowest BCUT2D eigenvalue weighted by Gasteiger charge is -2.15. The highest BCUT2D eigenvalue weighted by Gasteiger charge is 2.21. The summed E-state index contributed by atoms with van der Waals surface area (Å²) in [5, 5.41) is 6.91. The highest BCUT2D eigenvalue weighted by atomic mass is 127. The fourth-order valence-electron chi connectivity index (χ4n) is 3.48. The van der Waals surface area contributed by atoms with Crippen LogP contribution in [-0.2, 0) is 4.74 Å². The molecule has 2 fully saturated rings. The molecule has 1 saturated carbocycles. The largest absolute Gasteiger partial charge is 0.491 e. The summed E-state index contributed by atoms with van der Waals surface area (Å²) in [7, 11) is 2.18. The van der Waals surface area contributed by atoms with Gasteiger partial charge in [-0.2, -0.15) is 0 Å². The normalized spacial score (nSPS) is 19.6. The fraction of sp³-hybridized carbons (Fsp3) is 0.696. The number of halogens is 1. The van der Waals surface area contributed by atoms with Crippen LogP contribution in [0.25, 0.3) is 0 Å². The molecule has 0 amide bonds. The zero-order chi connectivity index (χ0) is 20.5. The van der Waals surface area contributed by atoms with Gasteiger partial charge >= 0.3 is 0 Å². The SMILES string of the molecule is CC(C)Oc1ccc(NC(=NCC2CCN(C)C2)NCCCOCC2CC2)cc1.I. The van der Waals surface area contributed by atoms with Crippen molar-refractivity contribution in [2.45, 2.75) is 45.6 Å². The average Bonchev–Trinajstić information content (AvgIpc) is 3.43. The molecule has 6 nitrogen and oxygen atoms in total. The first-order valence-corrected chi connectivity index (χ1v) is 11.2. The van der Waals surface area contributed by atoms with Crippen LogP contribution in [0.5, 0.6) is 5.75 Å². The average molecular weight is 530 g/mol. The number of rotatable bonds is 11. The van der Waals surface area contributed by atoms with E-state index in [1.807, 2.05) is 38.1 Å². The van der Waals surface area contributed by atoms with E-state index in [0.29, 0.717) is 5.92 Å². The Morgan fingerprint density at radius 2 is 1.93 bits per heavy atom. The van der Waals surface area contributed by atoms with E-state index in [9.17, 15) is 0 Å². The molecular formula is C23H39IN4O2. The van der Waals surface area contributed by atoms with Crippen molar-refractivity contribution >= 4 is 35.6 Å². The molecule has 170 valence electrons. The van der Waals surface area contributed by atoms with E-state index in [4.69, 9.17) is 14.5 Å². The molecule has 1 atom stereocenters. The molecule has 0 aromatic heterocycles. The number of nitrogens with zero attached hydrogens (tertiary/aromatic N) is 2. The van der Waals surface area contributed by atoms with E-state index in [2.05, 4.69) is 22.6 Å². The van der Waals surface area contributed by atoms with Gasteiger partial charge in [-0.25, -0.2) is 0 Å². The summed E-state index contributed by atoms with van der Waals surface area (Å²) in [4.78, 5) is 7.24. The smallest absolute Gasteiger partial charge is 0.195 e.